The summed E-state index contributed by atoms with van der Waals surface area (Å²) in [5, 5.41) is 4.06. The summed E-state index contributed by atoms with van der Waals surface area (Å²) < 4.78 is 6.17. The van der Waals surface area contributed by atoms with Crippen molar-refractivity contribution in [3.63, 3.8) is 0 Å². The summed E-state index contributed by atoms with van der Waals surface area (Å²) in [5.74, 6) is 0.625. The number of aromatic nitrogens is 1. The molecule has 0 bridgehead atoms. The van der Waals surface area contributed by atoms with Gasteiger partial charge in [0.15, 0.2) is 0 Å². The van der Waals surface area contributed by atoms with Gasteiger partial charge in [-0.1, -0.05) is 17.7 Å². The molecule has 0 amide bonds. The van der Waals surface area contributed by atoms with Crippen molar-refractivity contribution in [3.8, 4) is 5.88 Å². The fraction of sp³-hybridized carbons (Fsp3) is 0.154. The molecule has 18 heavy (non-hydrogen) atoms. The molecule has 94 valence electrons. The van der Waals surface area contributed by atoms with E-state index in [1.54, 1.807) is 7.11 Å². The topological polar surface area (TPSA) is 34.1 Å². The molecular weight excluding hydrogens is 363 g/mol. The zero-order valence-electron chi connectivity index (χ0n) is 9.78. The highest BCUT2D eigenvalue weighted by atomic mass is 127. The van der Waals surface area contributed by atoms with Crippen molar-refractivity contribution in [2.24, 2.45) is 0 Å². The molecule has 0 aliphatic heterocycles. The number of ether oxygens (including phenoxy) is 1. The van der Waals surface area contributed by atoms with E-state index in [0.717, 1.165) is 20.0 Å². The van der Waals surface area contributed by atoms with Crippen molar-refractivity contribution in [1.82, 2.24) is 4.98 Å². The molecule has 1 heterocycles. The van der Waals surface area contributed by atoms with E-state index in [4.69, 9.17) is 16.3 Å². The van der Waals surface area contributed by atoms with Crippen LogP contribution in [0.2, 0.25) is 5.02 Å². The van der Waals surface area contributed by atoms with E-state index >= 15 is 0 Å². The number of nitrogens with one attached hydrogen (secondary N) is 1. The minimum absolute atomic E-state index is 0.625. The Hall–Kier alpha value is -1.01. The van der Waals surface area contributed by atoms with E-state index in [1.165, 1.54) is 0 Å². The van der Waals surface area contributed by atoms with Crippen molar-refractivity contribution < 1.29 is 4.74 Å². The Morgan fingerprint density at radius 2 is 2.17 bits per heavy atom. The van der Waals surface area contributed by atoms with E-state index in [-0.39, 0.29) is 0 Å². The summed E-state index contributed by atoms with van der Waals surface area (Å²) in [5.41, 5.74) is 1.98. The summed E-state index contributed by atoms with van der Waals surface area (Å²) >= 11 is 8.16. The Labute approximate surface area is 125 Å². The third-order valence-corrected chi connectivity index (χ3v) is 3.51. The van der Waals surface area contributed by atoms with E-state index < -0.39 is 0 Å². The van der Waals surface area contributed by atoms with Crippen LogP contribution < -0.4 is 10.1 Å². The van der Waals surface area contributed by atoms with E-state index in [0.29, 0.717) is 12.4 Å². The molecule has 0 saturated heterocycles. The Morgan fingerprint density at radius 3 is 2.89 bits per heavy atom. The normalized spacial score (nSPS) is 10.2. The van der Waals surface area contributed by atoms with Crippen molar-refractivity contribution in [3.05, 3.63) is 50.7 Å². The highest BCUT2D eigenvalue weighted by molar-refractivity contribution is 14.1. The Bertz CT molecular complexity index is 548. The number of rotatable bonds is 4. The van der Waals surface area contributed by atoms with Gasteiger partial charge in [0.2, 0.25) is 5.88 Å². The number of halogens is 2. The van der Waals surface area contributed by atoms with Crippen LogP contribution in [0.1, 0.15) is 5.69 Å². The zero-order chi connectivity index (χ0) is 13.0. The van der Waals surface area contributed by atoms with Gasteiger partial charge in [0.1, 0.15) is 0 Å². The Morgan fingerprint density at radius 1 is 1.33 bits per heavy atom. The average Bonchev–Trinajstić information content (AvgIpc) is 2.38. The van der Waals surface area contributed by atoms with Crippen LogP contribution in [0.4, 0.5) is 5.69 Å². The predicted octanol–water partition coefficient (Wildman–Crippen LogP) is 3.96. The Kier molecular flexibility index (Phi) is 4.66. The molecular formula is C13H12ClIN2O. The van der Waals surface area contributed by atoms with E-state index in [2.05, 4.69) is 32.9 Å². The second-order valence-corrected chi connectivity index (χ2v) is 5.25. The third-order valence-electron chi connectivity index (χ3n) is 2.38. The lowest BCUT2D eigenvalue weighted by molar-refractivity contribution is 0.396. The number of hydrogen-bond donors (Lipinski definition) is 1. The summed E-state index contributed by atoms with van der Waals surface area (Å²) in [7, 11) is 1.61. The first-order valence-corrected chi connectivity index (χ1v) is 6.83. The van der Waals surface area contributed by atoms with Gasteiger partial charge in [-0.05, 0) is 46.9 Å². The van der Waals surface area contributed by atoms with Crippen molar-refractivity contribution >= 4 is 39.9 Å². The average molecular weight is 375 g/mol. The lowest BCUT2D eigenvalue weighted by Crippen LogP contribution is -2.03. The highest BCUT2D eigenvalue weighted by Crippen LogP contribution is 2.22. The first kappa shape index (κ1) is 13.4. The molecule has 1 N–H and O–H groups in total. The molecule has 2 aromatic rings. The van der Waals surface area contributed by atoms with Gasteiger partial charge in [0.05, 0.1) is 19.3 Å². The van der Waals surface area contributed by atoms with Crippen LogP contribution in [0.5, 0.6) is 5.88 Å². The molecule has 0 spiro atoms. The van der Waals surface area contributed by atoms with Gasteiger partial charge in [-0.3, -0.25) is 0 Å². The van der Waals surface area contributed by atoms with Crippen LogP contribution in [-0.2, 0) is 6.54 Å². The number of hydrogen-bond acceptors (Lipinski definition) is 3. The second kappa shape index (κ2) is 6.24. The Balaban J connectivity index is 2.06. The van der Waals surface area contributed by atoms with Gasteiger partial charge in [-0.2, -0.15) is 0 Å². The number of anilines is 1. The number of nitrogens with zero attached hydrogens (tertiary/aromatic N) is 1. The fourth-order valence-corrected chi connectivity index (χ4v) is 2.55. The SMILES string of the molecule is COc1cccc(CNc2ccc(Cl)cc2I)n1. The number of pyridine rings is 1. The van der Waals surface area contributed by atoms with Crippen LogP contribution in [0.25, 0.3) is 0 Å². The van der Waals surface area contributed by atoms with Crippen LogP contribution in [-0.4, -0.2) is 12.1 Å². The zero-order valence-corrected chi connectivity index (χ0v) is 12.7. The number of benzene rings is 1. The van der Waals surface area contributed by atoms with Crippen molar-refractivity contribution in [1.29, 1.82) is 0 Å². The van der Waals surface area contributed by atoms with Gasteiger partial charge >= 0.3 is 0 Å². The molecule has 0 aliphatic rings. The second-order valence-electron chi connectivity index (χ2n) is 3.65. The summed E-state index contributed by atoms with van der Waals surface area (Å²) in [4.78, 5) is 4.34. The molecule has 0 fully saturated rings. The maximum absolute atomic E-state index is 5.91. The lowest BCUT2D eigenvalue weighted by atomic mass is 10.3. The van der Waals surface area contributed by atoms with Gasteiger partial charge in [0, 0.05) is 20.3 Å². The molecule has 2 rings (SSSR count). The first-order chi connectivity index (χ1) is 8.69. The predicted molar refractivity (Wildman–Crippen MR) is 82.3 cm³/mol. The molecule has 0 atom stereocenters. The first-order valence-electron chi connectivity index (χ1n) is 5.38. The summed E-state index contributed by atoms with van der Waals surface area (Å²) in [6.45, 7) is 0.648. The van der Waals surface area contributed by atoms with Crippen LogP contribution in [0.15, 0.2) is 36.4 Å². The van der Waals surface area contributed by atoms with Crippen molar-refractivity contribution in [2.75, 3.05) is 12.4 Å². The minimum Gasteiger partial charge on any atom is -0.481 e. The van der Waals surface area contributed by atoms with E-state index in [9.17, 15) is 0 Å². The van der Waals surface area contributed by atoms with E-state index in [1.807, 2.05) is 36.4 Å². The molecule has 0 unspecified atom stereocenters. The summed E-state index contributed by atoms with van der Waals surface area (Å²) in [6, 6.07) is 11.5. The molecule has 5 heteroatoms. The maximum Gasteiger partial charge on any atom is 0.213 e. The molecule has 1 aromatic carbocycles. The minimum atomic E-state index is 0.625. The van der Waals surface area contributed by atoms with Gasteiger partial charge < -0.3 is 10.1 Å². The fourth-order valence-electron chi connectivity index (χ4n) is 1.49. The lowest BCUT2D eigenvalue weighted by Gasteiger charge is -2.09. The molecule has 0 saturated carbocycles. The molecule has 3 nitrogen and oxygen atoms in total. The largest absolute Gasteiger partial charge is 0.481 e. The molecule has 0 radical (unpaired) electrons. The smallest absolute Gasteiger partial charge is 0.213 e. The van der Waals surface area contributed by atoms with Crippen molar-refractivity contribution in [2.45, 2.75) is 6.54 Å². The van der Waals surface area contributed by atoms with Crippen LogP contribution >= 0.6 is 34.2 Å². The third kappa shape index (κ3) is 3.49. The standard InChI is InChI=1S/C13H12ClIN2O/c1-18-13-4-2-3-10(17-13)8-16-12-6-5-9(14)7-11(12)15/h2-7,16H,8H2,1H3. The van der Waals surface area contributed by atoms with Crippen LogP contribution in [0, 0.1) is 3.57 Å². The highest BCUT2D eigenvalue weighted by Gasteiger charge is 2.02. The van der Waals surface area contributed by atoms with Gasteiger partial charge in [-0.25, -0.2) is 4.98 Å². The quantitative estimate of drug-likeness (QED) is 0.823. The van der Waals surface area contributed by atoms with Gasteiger partial charge in [-0.15, -0.1) is 0 Å². The molecule has 1 aromatic heterocycles. The monoisotopic (exact) mass is 374 g/mol. The summed E-state index contributed by atoms with van der Waals surface area (Å²) in [6.07, 6.45) is 0. The maximum atomic E-state index is 5.91. The number of methoxy groups -OCH3 is 1. The van der Waals surface area contributed by atoms with Crippen LogP contribution in [0.3, 0.4) is 0 Å². The molecule has 0 aliphatic carbocycles. The van der Waals surface area contributed by atoms with Gasteiger partial charge in [0.25, 0.3) is 0 Å².